The highest BCUT2D eigenvalue weighted by Gasteiger charge is 2.56. The molecular formula is C38H42N8O6. The van der Waals surface area contributed by atoms with Crippen LogP contribution < -0.4 is 10.6 Å². The van der Waals surface area contributed by atoms with Crippen molar-refractivity contribution in [3.63, 3.8) is 0 Å². The van der Waals surface area contributed by atoms with Gasteiger partial charge in [-0.3, -0.25) is 9.59 Å². The van der Waals surface area contributed by atoms with Crippen LogP contribution in [0.2, 0.25) is 0 Å². The van der Waals surface area contributed by atoms with Gasteiger partial charge in [-0.15, -0.1) is 0 Å². The average molecular weight is 707 g/mol. The smallest absolute Gasteiger partial charge is 0.407 e. The number of carbonyl (C=O) groups is 4. The minimum atomic E-state index is -0.694. The Labute approximate surface area is 300 Å². The molecule has 2 saturated heterocycles. The van der Waals surface area contributed by atoms with Gasteiger partial charge in [-0.05, 0) is 73.6 Å². The molecule has 4 aliphatic rings. The number of carbonyl (C=O) groups excluding carboxylic acids is 4. The highest BCUT2D eigenvalue weighted by atomic mass is 16.5. The van der Waals surface area contributed by atoms with Crippen LogP contribution in [0, 0.1) is 11.8 Å². The van der Waals surface area contributed by atoms with Crippen LogP contribution in [0.3, 0.4) is 0 Å². The van der Waals surface area contributed by atoms with Gasteiger partial charge in [0.2, 0.25) is 11.8 Å². The molecule has 4 amide bonds. The summed E-state index contributed by atoms with van der Waals surface area (Å²) in [6.45, 7) is 3.35. The maximum Gasteiger partial charge on any atom is 0.407 e. The highest BCUT2D eigenvalue weighted by Crippen LogP contribution is 2.54. The van der Waals surface area contributed by atoms with Gasteiger partial charge in [0, 0.05) is 12.1 Å². The number of hydrogen-bond acceptors (Lipinski definition) is 8. The van der Waals surface area contributed by atoms with E-state index in [-0.39, 0.29) is 36.0 Å². The van der Waals surface area contributed by atoms with Gasteiger partial charge in [0.1, 0.15) is 23.7 Å². The predicted molar refractivity (Wildman–Crippen MR) is 189 cm³/mol. The monoisotopic (exact) mass is 706 g/mol. The molecule has 8 atom stereocenters. The molecule has 0 radical (unpaired) electrons. The number of piperidine rings is 2. The minimum Gasteiger partial charge on any atom is -0.453 e. The maximum absolute atomic E-state index is 13.3. The number of hydrogen-bond donors (Lipinski definition) is 4. The summed E-state index contributed by atoms with van der Waals surface area (Å²) >= 11 is 0. The van der Waals surface area contributed by atoms with Gasteiger partial charge in [-0.1, -0.05) is 48.5 Å². The van der Waals surface area contributed by atoms with Crippen LogP contribution in [0.25, 0.3) is 33.6 Å². The minimum absolute atomic E-state index is 0.133. The van der Waals surface area contributed by atoms with Crippen molar-refractivity contribution in [3.05, 3.63) is 72.6 Å². The number of amides is 4. The molecule has 0 bridgehead atoms. The first-order chi connectivity index (χ1) is 25.1. The topological polar surface area (TPSA) is 175 Å². The van der Waals surface area contributed by atoms with E-state index < -0.39 is 24.3 Å². The number of aromatic nitrogens is 4. The Kier molecular flexibility index (Phi) is 8.47. The quantitative estimate of drug-likeness (QED) is 0.189. The molecule has 14 nitrogen and oxygen atoms in total. The summed E-state index contributed by atoms with van der Waals surface area (Å²) < 4.78 is 9.35. The fraction of sp³-hybridized carbons (Fsp3) is 0.421. The number of benzene rings is 2. The maximum atomic E-state index is 13.3. The SMILES string of the molecule is COC(=O)N[C@@H](C)C(=O)N1C(c2ncc(-c3ccc(-c4ccc(-c5cnc(C6CC7CC7N6C(=O)[C@H](C)NC(=O)OC)[nH]5)cc4)cc3)[nH]2)CC2CC21. The third kappa shape index (κ3) is 6.15. The molecule has 4 fully saturated rings. The molecule has 8 rings (SSSR count). The second kappa shape index (κ2) is 13.1. The van der Waals surface area contributed by atoms with E-state index in [0.717, 1.165) is 71.0 Å². The summed E-state index contributed by atoms with van der Waals surface area (Å²) in [5, 5.41) is 5.19. The standard InChI is InChI=1S/C38H42N8O6/c1-19(41-37(49)51-3)35(47)45-29-13-25(29)15-31(45)33-39-17-27(43-33)23-9-5-21(6-10-23)22-7-11-24(12-8-22)28-18-40-34(44-28)32-16-26-14-30(26)46(32)36(48)20(2)42-38(50)52-4/h5-12,17-20,25-26,29-32H,13-16H2,1-4H3,(H,39,43)(H,40,44)(H,41,49)(H,42,50)/t19-,20-,25?,26?,29?,30?,31?,32?/m0/s1. The molecular weight excluding hydrogens is 664 g/mol. The van der Waals surface area contributed by atoms with Crippen LogP contribution >= 0.6 is 0 Å². The van der Waals surface area contributed by atoms with E-state index in [0.29, 0.717) is 11.8 Å². The molecule has 4 N–H and O–H groups in total. The number of nitrogens with zero attached hydrogens (tertiary/aromatic N) is 4. The molecule has 270 valence electrons. The molecule has 0 spiro atoms. The largest absolute Gasteiger partial charge is 0.453 e. The number of alkyl carbamates (subject to hydrolysis) is 2. The molecule has 2 aromatic heterocycles. The van der Waals surface area contributed by atoms with Crippen molar-refractivity contribution >= 4 is 24.0 Å². The van der Waals surface area contributed by atoms with E-state index in [4.69, 9.17) is 0 Å². The number of imidazole rings is 2. The summed E-state index contributed by atoms with van der Waals surface area (Å²) in [6.07, 6.45) is 6.01. The van der Waals surface area contributed by atoms with Crippen LogP contribution in [0.15, 0.2) is 60.9 Å². The average Bonchev–Trinajstić information content (AvgIpc) is 3.76. The fourth-order valence-corrected chi connectivity index (χ4v) is 8.07. The first-order valence-corrected chi connectivity index (χ1v) is 17.8. The van der Waals surface area contributed by atoms with Gasteiger partial charge in [-0.25, -0.2) is 19.6 Å². The lowest BCUT2D eigenvalue weighted by Crippen LogP contribution is -2.47. The van der Waals surface area contributed by atoms with E-state index in [2.05, 4.69) is 88.6 Å². The first-order valence-electron chi connectivity index (χ1n) is 17.8. The second-order valence-corrected chi connectivity index (χ2v) is 14.4. The second-order valence-electron chi connectivity index (χ2n) is 14.4. The number of methoxy groups -OCH3 is 2. The van der Waals surface area contributed by atoms with Crippen molar-refractivity contribution in [3.8, 4) is 33.6 Å². The van der Waals surface area contributed by atoms with Crippen molar-refractivity contribution in [1.29, 1.82) is 0 Å². The van der Waals surface area contributed by atoms with Gasteiger partial charge in [0.05, 0.1) is 50.1 Å². The van der Waals surface area contributed by atoms with Crippen LogP contribution in [-0.2, 0) is 19.1 Å². The summed E-state index contributed by atoms with van der Waals surface area (Å²) in [5.41, 5.74) is 5.84. The Morgan fingerprint density at radius 2 is 1.00 bits per heavy atom. The molecule has 4 aromatic rings. The Morgan fingerprint density at radius 3 is 1.37 bits per heavy atom. The molecule has 14 heteroatoms. The van der Waals surface area contributed by atoms with Crippen molar-refractivity contribution < 1.29 is 28.7 Å². The van der Waals surface area contributed by atoms with Crippen molar-refractivity contribution in [2.75, 3.05) is 14.2 Å². The van der Waals surface area contributed by atoms with Gasteiger partial charge in [0.25, 0.3) is 0 Å². The number of nitrogens with one attached hydrogen (secondary N) is 4. The number of fused-ring (bicyclic) bond motifs is 2. The molecule has 52 heavy (non-hydrogen) atoms. The third-order valence-electron chi connectivity index (χ3n) is 11.0. The highest BCUT2D eigenvalue weighted by molar-refractivity contribution is 5.87. The van der Waals surface area contributed by atoms with Crippen molar-refractivity contribution in [2.24, 2.45) is 11.8 Å². The zero-order chi connectivity index (χ0) is 36.3. The number of likely N-dealkylation sites (tertiary alicyclic amines) is 2. The summed E-state index contributed by atoms with van der Waals surface area (Å²) in [4.78, 5) is 70.1. The molecule has 2 aliphatic heterocycles. The normalized spacial score (nSPS) is 25.1. The van der Waals surface area contributed by atoms with Crippen molar-refractivity contribution in [2.45, 2.75) is 75.8 Å². The van der Waals surface area contributed by atoms with Crippen LogP contribution in [0.5, 0.6) is 0 Å². The van der Waals surface area contributed by atoms with E-state index in [1.54, 1.807) is 13.8 Å². The van der Waals surface area contributed by atoms with Crippen molar-refractivity contribution in [1.82, 2.24) is 40.4 Å². The van der Waals surface area contributed by atoms with E-state index >= 15 is 0 Å². The van der Waals surface area contributed by atoms with Gasteiger partial charge in [0.15, 0.2) is 0 Å². The summed E-state index contributed by atoms with van der Waals surface area (Å²) in [5.74, 6) is 2.14. The Hall–Kier alpha value is -5.66. The number of ether oxygens (including phenoxy) is 2. The molecule has 2 aromatic carbocycles. The molecule has 4 heterocycles. The number of rotatable bonds is 9. The van der Waals surface area contributed by atoms with Crippen LogP contribution in [-0.4, -0.2) is 92.1 Å². The van der Waals surface area contributed by atoms with E-state index in [9.17, 15) is 19.2 Å². The third-order valence-corrected chi connectivity index (χ3v) is 11.0. The lowest BCUT2D eigenvalue weighted by Gasteiger charge is -2.29. The lowest BCUT2D eigenvalue weighted by atomic mass is 10.0. The van der Waals surface area contributed by atoms with Crippen LogP contribution in [0.1, 0.15) is 63.3 Å². The Bertz CT molecular complexity index is 1860. The molecule has 6 unspecified atom stereocenters. The van der Waals surface area contributed by atoms with Crippen LogP contribution in [0.4, 0.5) is 9.59 Å². The number of aromatic amines is 2. The summed E-state index contributed by atoms with van der Waals surface area (Å²) in [7, 11) is 2.56. The van der Waals surface area contributed by atoms with Gasteiger partial charge < -0.3 is 39.9 Å². The van der Waals surface area contributed by atoms with E-state index in [1.807, 2.05) is 22.2 Å². The fourth-order valence-electron chi connectivity index (χ4n) is 8.07. The Morgan fingerprint density at radius 1 is 0.635 bits per heavy atom. The molecule has 2 saturated carbocycles. The van der Waals surface area contributed by atoms with E-state index in [1.165, 1.54) is 14.2 Å². The predicted octanol–water partition coefficient (Wildman–Crippen LogP) is 4.95. The zero-order valence-electron chi connectivity index (χ0n) is 29.5. The lowest BCUT2D eigenvalue weighted by molar-refractivity contribution is -0.135. The molecule has 2 aliphatic carbocycles. The van der Waals surface area contributed by atoms with Gasteiger partial charge >= 0.3 is 12.2 Å². The van der Waals surface area contributed by atoms with Gasteiger partial charge in [-0.2, -0.15) is 0 Å². The summed E-state index contributed by atoms with van der Waals surface area (Å²) in [6, 6.07) is 15.2. The number of H-pyrrole nitrogens is 2. The zero-order valence-corrected chi connectivity index (χ0v) is 29.5. The first kappa shape index (κ1) is 33.5. The Balaban J connectivity index is 0.921.